The molecule has 1 fully saturated rings. The van der Waals surface area contributed by atoms with Gasteiger partial charge in [-0.15, -0.1) is 0 Å². The van der Waals surface area contributed by atoms with Crippen molar-refractivity contribution >= 4 is 22.1 Å². The minimum absolute atomic E-state index is 0.475. The molecule has 6 rings (SSSR count). The number of pyridine rings is 2. The summed E-state index contributed by atoms with van der Waals surface area (Å²) in [5.41, 5.74) is 7.23. The van der Waals surface area contributed by atoms with Crippen LogP contribution in [0.5, 0.6) is 5.75 Å². The Morgan fingerprint density at radius 2 is 1.88 bits per heavy atom. The minimum atomic E-state index is 0.475. The van der Waals surface area contributed by atoms with Crippen LogP contribution < -0.4 is 10.1 Å². The van der Waals surface area contributed by atoms with Crippen LogP contribution in [0.3, 0.4) is 0 Å². The Bertz CT molecular complexity index is 1410. The van der Waals surface area contributed by atoms with Crippen LogP contribution in [-0.2, 0) is 0 Å². The lowest BCUT2D eigenvalue weighted by Crippen LogP contribution is -2.27. The highest BCUT2D eigenvalue weighted by Crippen LogP contribution is 2.32. The van der Waals surface area contributed by atoms with Gasteiger partial charge in [-0.05, 0) is 55.8 Å². The zero-order valence-corrected chi connectivity index (χ0v) is 17.7. The van der Waals surface area contributed by atoms with E-state index in [1.54, 1.807) is 13.3 Å². The largest absolute Gasteiger partial charge is 0.497 e. The predicted octanol–water partition coefficient (Wildman–Crippen LogP) is 4.04. The number of hydrogen-bond acceptors (Lipinski definition) is 6. The Kier molecular flexibility index (Phi) is 4.57. The molecule has 0 spiro atoms. The average Bonchev–Trinajstić information content (AvgIpc) is 3.48. The molecule has 1 aromatic carbocycles. The summed E-state index contributed by atoms with van der Waals surface area (Å²) < 4.78 is 5.39. The number of H-pyrrole nitrogens is 2. The number of methoxy groups -OCH3 is 1. The summed E-state index contributed by atoms with van der Waals surface area (Å²) in [7, 11) is 1.67. The standard InChI is InChI=1S/C24H23N7O/c1-32-16-4-2-3-15(11-16)17-12-26-13-20-21(17)29-24(28-20)23-22-19(30-31-23)6-5-18(27-22)14-7-9-25-10-8-14/h2-6,11-14,25H,7-10H2,1H3,(H,28,29)(H,30,31). The lowest BCUT2D eigenvalue weighted by Gasteiger charge is -2.22. The van der Waals surface area contributed by atoms with Gasteiger partial charge in [-0.1, -0.05) is 12.1 Å². The Morgan fingerprint density at radius 3 is 2.75 bits per heavy atom. The fraction of sp³-hybridized carbons (Fsp3) is 0.250. The van der Waals surface area contributed by atoms with E-state index in [1.165, 1.54) is 0 Å². The van der Waals surface area contributed by atoms with E-state index < -0.39 is 0 Å². The van der Waals surface area contributed by atoms with Crippen LogP contribution in [0, 0.1) is 0 Å². The van der Waals surface area contributed by atoms with Gasteiger partial charge in [-0.25, -0.2) is 9.97 Å². The number of nitrogens with zero attached hydrogens (tertiary/aromatic N) is 4. The molecule has 1 saturated heterocycles. The van der Waals surface area contributed by atoms with Crippen molar-refractivity contribution in [3.63, 3.8) is 0 Å². The predicted molar refractivity (Wildman–Crippen MR) is 124 cm³/mol. The molecule has 5 heterocycles. The van der Waals surface area contributed by atoms with Crippen LogP contribution in [0.4, 0.5) is 0 Å². The van der Waals surface area contributed by atoms with E-state index in [-0.39, 0.29) is 0 Å². The second-order valence-corrected chi connectivity index (χ2v) is 8.13. The Balaban J connectivity index is 1.45. The Hall–Kier alpha value is -3.78. The Morgan fingerprint density at radius 1 is 0.969 bits per heavy atom. The molecule has 8 heteroatoms. The van der Waals surface area contributed by atoms with Gasteiger partial charge in [0.15, 0.2) is 11.5 Å². The molecule has 0 unspecified atom stereocenters. The number of rotatable bonds is 4. The summed E-state index contributed by atoms with van der Waals surface area (Å²) in [5.74, 6) is 1.95. The number of imidazole rings is 1. The lowest BCUT2D eigenvalue weighted by molar-refractivity contribution is 0.415. The van der Waals surface area contributed by atoms with E-state index in [1.807, 2.05) is 30.5 Å². The average molecular weight is 425 g/mol. The van der Waals surface area contributed by atoms with E-state index in [4.69, 9.17) is 14.7 Å². The van der Waals surface area contributed by atoms with E-state index in [0.29, 0.717) is 11.7 Å². The summed E-state index contributed by atoms with van der Waals surface area (Å²) in [5, 5.41) is 11.1. The number of aromatic amines is 2. The molecule has 32 heavy (non-hydrogen) atoms. The molecule has 0 saturated carbocycles. The van der Waals surface area contributed by atoms with Gasteiger partial charge in [0.1, 0.15) is 11.3 Å². The maximum absolute atomic E-state index is 5.39. The van der Waals surface area contributed by atoms with Crippen LogP contribution in [-0.4, -0.2) is 50.3 Å². The molecule has 0 atom stereocenters. The summed E-state index contributed by atoms with van der Waals surface area (Å²) in [6.07, 6.45) is 5.83. The third-order valence-corrected chi connectivity index (χ3v) is 6.19. The first kappa shape index (κ1) is 18.9. The normalized spacial score (nSPS) is 14.9. The topological polar surface area (TPSA) is 104 Å². The van der Waals surface area contributed by atoms with E-state index in [9.17, 15) is 0 Å². The highest BCUT2D eigenvalue weighted by molar-refractivity contribution is 5.95. The quantitative estimate of drug-likeness (QED) is 0.401. The third-order valence-electron chi connectivity index (χ3n) is 6.19. The summed E-state index contributed by atoms with van der Waals surface area (Å²) in [4.78, 5) is 17.7. The maximum Gasteiger partial charge on any atom is 0.161 e. The molecule has 1 aliphatic heterocycles. The molecule has 0 bridgehead atoms. The summed E-state index contributed by atoms with van der Waals surface area (Å²) in [6.45, 7) is 2.07. The van der Waals surface area contributed by atoms with Gasteiger partial charge in [-0.2, -0.15) is 5.10 Å². The molecule has 0 aliphatic carbocycles. The third kappa shape index (κ3) is 3.20. The van der Waals surface area contributed by atoms with E-state index in [2.05, 4.69) is 37.6 Å². The first-order valence-corrected chi connectivity index (χ1v) is 10.8. The van der Waals surface area contributed by atoms with Gasteiger partial charge in [-0.3, -0.25) is 10.1 Å². The number of aromatic nitrogens is 6. The van der Waals surface area contributed by atoms with Crippen LogP contribution in [0.15, 0.2) is 48.8 Å². The highest BCUT2D eigenvalue weighted by Gasteiger charge is 2.20. The number of hydrogen-bond donors (Lipinski definition) is 3. The van der Waals surface area contributed by atoms with Crippen molar-refractivity contribution in [2.24, 2.45) is 0 Å². The lowest BCUT2D eigenvalue weighted by atomic mass is 9.94. The van der Waals surface area contributed by atoms with E-state index in [0.717, 1.165) is 76.3 Å². The number of benzene rings is 1. The van der Waals surface area contributed by atoms with E-state index >= 15 is 0 Å². The van der Waals surface area contributed by atoms with Gasteiger partial charge >= 0.3 is 0 Å². The van der Waals surface area contributed by atoms with Gasteiger partial charge in [0, 0.05) is 23.4 Å². The number of nitrogens with one attached hydrogen (secondary N) is 3. The van der Waals surface area contributed by atoms with Crippen molar-refractivity contribution < 1.29 is 4.74 Å². The number of piperidine rings is 1. The molecule has 5 aromatic rings. The number of fused-ring (bicyclic) bond motifs is 2. The Labute approximate surface area is 184 Å². The van der Waals surface area contributed by atoms with Crippen molar-refractivity contribution in [3.8, 4) is 28.4 Å². The summed E-state index contributed by atoms with van der Waals surface area (Å²) in [6, 6.07) is 12.1. The summed E-state index contributed by atoms with van der Waals surface area (Å²) >= 11 is 0. The van der Waals surface area contributed by atoms with Crippen molar-refractivity contribution in [1.29, 1.82) is 0 Å². The van der Waals surface area contributed by atoms with Gasteiger partial charge in [0.25, 0.3) is 0 Å². The molecule has 3 N–H and O–H groups in total. The van der Waals surface area contributed by atoms with Crippen LogP contribution in [0.1, 0.15) is 24.5 Å². The van der Waals surface area contributed by atoms with Crippen molar-refractivity contribution in [1.82, 2.24) is 35.5 Å². The molecular formula is C24H23N7O. The molecular weight excluding hydrogens is 402 g/mol. The monoisotopic (exact) mass is 425 g/mol. The van der Waals surface area contributed by atoms with Crippen LogP contribution in [0.25, 0.3) is 44.7 Å². The second kappa shape index (κ2) is 7.72. The second-order valence-electron chi connectivity index (χ2n) is 8.13. The van der Waals surface area contributed by atoms with Gasteiger partial charge in [0.2, 0.25) is 0 Å². The van der Waals surface area contributed by atoms with Gasteiger partial charge < -0.3 is 15.0 Å². The van der Waals surface area contributed by atoms with Crippen molar-refractivity contribution in [2.75, 3.05) is 20.2 Å². The first-order valence-electron chi connectivity index (χ1n) is 10.8. The highest BCUT2D eigenvalue weighted by atomic mass is 16.5. The number of ether oxygens (including phenoxy) is 1. The van der Waals surface area contributed by atoms with Crippen LogP contribution >= 0.6 is 0 Å². The smallest absolute Gasteiger partial charge is 0.161 e. The molecule has 1 aliphatic rings. The van der Waals surface area contributed by atoms with Gasteiger partial charge in [0.05, 0.1) is 29.9 Å². The molecule has 160 valence electrons. The molecule has 4 aromatic heterocycles. The fourth-order valence-electron chi connectivity index (χ4n) is 4.47. The first-order chi connectivity index (χ1) is 15.8. The minimum Gasteiger partial charge on any atom is -0.497 e. The zero-order chi connectivity index (χ0) is 21.5. The van der Waals surface area contributed by atoms with Crippen molar-refractivity contribution in [2.45, 2.75) is 18.8 Å². The fourth-order valence-corrected chi connectivity index (χ4v) is 4.47. The molecule has 0 radical (unpaired) electrons. The molecule has 8 nitrogen and oxygen atoms in total. The van der Waals surface area contributed by atoms with Crippen molar-refractivity contribution in [3.05, 3.63) is 54.5 Å². The van der Waals surface area contributed by atoms with Crippen LogP contribution in [0.2, 0.25) is 0 Å². The molecule has 0 amide bonds. The zero-order valence-electron chi connectivity index (χ0n) is 17.7. The maximum atomic E-state index is 5.39. The SMILES string of the molecule is COc1cccc(-c2cncc3[nH]c(-c4n[nH]c5ccc(C6CCNCC6)nc45)nc23)c1.